The molecule has 0 saturated heterocycles. The van der Waals surface area contributed by atoms with Crippen molar-refractivity contribution in [2.75, 3.05) is 0 Å². The van der Waals surface area contributed by atoms with Gasteiger partial charge in [-0.1, -0.05) is 13.8 Å². The zero-order valence-electron chi connectivity index (χ0n) is 18.0. The molecule has 0 aromatic heterocycles. The van der Waals surface area contributed by atoms with Crippen molar-refractivity contribution >= 4 is 29.6 Å². The van der Waals surface area contributed by atoms with Crippen molar-refractivity contribution in [1.82, 2.24) is 16.0 Å². The molecule has 0 aromatic carbocycles. The molecule has 0 bridgehead atoms. The van der Waals surface area contributed by atoms with E-state index in [1.165, 1.54) is 13.8 Å². The molecule has 10 N–H and O–H groups in total. The summed E-state index contributed by atoms with van der Waals surface area (Å²) in [5.74, 6) is -5.26. The predicted octanol–water partition coefficient (Wildman–Crippen LogP) is -3.46. The third-order valence-electron chi connectivity index (χ3n) is 4.43. The topological polar surface area (TPSA) is 234 Å². The van der Waals surface area contributed by atoms with Crippen molar-refractivity contribution in [1.29, 1.82) is 0 Å². The fraction of sp³-hybridized carbons (Fsp3) is 0.722. The van der Waals surface area contributed by atoms with Gasteiger partial charge in [0.2, 0.25) is 23.6 Å². The van der Waals surface area contributed by atoms with Crippen molar-refractivity contribution < 1.29 is 39.3 Å². The minimum absolute atomic E-state index is 0.237. The number of aliphatic carboxylic acids is 1. The Morgan fingerprint density at radius 3 is 1.68 bits per heavy atom. The van der Waals surface area contributed by atoms with Crippen LogP contribution in [-0.4, -0.2) is 81.3 Å². The number of nitrogens with one attached hydrogen (secondary N) is 3. The Hall–Kier alpha value is -2.77. The lowest BCUT2D eigenvalue weighted by Gasteiger charge is -2.28. The van der Waals surface area contributed by atoms with E-state index in [0.717, 1.165) is 0 Å². The molecular formula is C18H33N5O8. The number of hydrogen-bond donors (Lipinski definition) is 8. The van der Waals surface area contributed by atoms with E-state index in [2.05, 4.69) is 16.0 Å². The molecule has 0 aliphatic carbocycles. The van der Waals surface area contributed by atoms with Crippen molar-refractivity contribution in [3.05, 3.63) is 0 Å². The van der Waals surface area contributed by atoms with Gasteiger partial charge in [-0.15, -0.1) is 0 Å². The second kappa shape index (κ2) is 12.8. The van der Waals surface area contributed by atoms with Crippen molar-refractivity contribution in [2.45, 2.75) is 76.9 Å². The third-order valence-corrected chi connectivity index (χ3v) is 4.43. The normalized spacial score (nSPS) is 16.9. The fourth-order valence-corrected chi connectivity index (χ4v) is 2.46. The van der Waals surface area contributed by atoms with E-state index < -0.39 is 71.9 Å². The largest absolute Gasteiger partial charge is 0.480 e. The summed E-state index contributed by atoms with van der Waals surface area (Å²) in [5.41, 5.74) is 10.5. The Labute approximate surface area is 179 Å². The van der Waals surface area contributed by atoms with Crippen LogP contribution in [0.4, 0.5) is 0 Å². The van der Waals surface area contributed by atoms with Gasteiger partial charge in [0.25, 0.3) is 0 Å². The van der Waals surface area contributed by atoms with Crippen LogP contribution >= 0.6 is 0 Å². The Morgan fingerprint density at radius 2 is 1.29 bits per heavy atom. The van der Waals surface area contributed by atoms with Crippen LogP contribution in [0, 0.1) is 5.92 Å². The van der Waals surface area contributed by atoms with Crippen molar-refractivity contribution in [3.8, 4) is 0 Å². The number of carbonyl (C=O) groups is 5. The number of amides is 4. The first-order valence-electron chi connectivity index (χ1n) is 9.72. The number of nitrogens with two attached hydrogens (primary N) is 2. The van der Waals surface area contributed by atoms with Gasteiger partial charge in [0.05, 0.1) is 12.2 Å². The summed E-state index contributed by atoms with van der Waals surface area (Å²) in [4.78, 5) is 59.5. The molecule has 6 atom stereocenters. The number of carboxylic acids is 1. The smallest absolute Gasteiger partial charge is 0.326 e. The molecule has 13 nitrogen and oxygen atoms in total. The fourth-order valence-electron chi connectivity index (χ4n) is 2.46. The molecule has 0 spiro atoms. The maximum Gasteiger partial charge on any atom is 0.326 e. The molecule has 31 heavy (non-hydrogen) atoms. The Bertz CT molecular complexity index is 667. The van der Waals surface area contributed by atoms with Gasteiger partial charge in [-0.25, -0.2) is 4.79 Å². The summed E-state index contributed by atoms with van der Waals surface area (Å²) in [6.07, 6.45) is -3.09. The number of rotatable bonds is 13. The molecule has 6 unspecified atom stereocenters. The number of hydrogen-bond acceptors (Lipinski definition) is 8. The third kappa shape index (κ3) is 9.72. The molecule has 0 aliphatic rings. The van der Waals surface area contributed by atoms with Crippen molar-refractivity contribution in [3.63, 3.8) is 0 Å². The van der Waals surface area contributed by atoms with Crippen LogP contribution in [-0.2, 0) is 24.0 Å². The summed E-state index contributed by atoms with van der Waals surface area (Å²) in [6, 6.07) is -5.46. The molecule has 0 rings (SSSR count). The molecule has 0 fully saturated rings. The monoisotopic (exact) mass is 447 g/mol. The van der Waals surface area contributed by atoms with Gasteiger partial charge in [0, 0.05) is 6.42 Å². The van der Waals surface area contributed by atoms with Crippen LogP contribution in [0.1, 0.15) is 40.5 Å². The highest BCUT2D eigenvalue weighted by molar-refractivity contribution is 5.94. The van der Waals surface area contributed by atoms with Gasteiger partial charge in [0.1, 0.15) is 24.2 Å². The highest BCUT2D eigenvalue weighted by atomic mass is 16.4. The highest BCUT2D eigenvalue weighted by Gasteiger charge is 2.34. The lowest BCUT2D eigenvalue weighted by atomic mass is 10.0. The predicted molar refractivity (Wildman–Crippen MR) is 108 cm³/mol. The van der Waals surface area contributed by atoms with Crippen LogP contribution in [0.2, 0.25) is 0 Å². The summed E-state index contributed by atoms with van der Waals surface area (Å²) in [7, 11) is 0. The minimum Gasteiger partial charge on any atom is -0.480 e. The van der Waals surface area contributed by atoms with E-state index in [4.69, 9.17) is 11.5 Å². The van der Waals surface area contributed by atoms with Crippen LogP contribution in [0.15, 0.2) is 0 Å². The maximum absolute atomic E-state index is 12.6. The number of aliphatic hydroxyl groups excluding tert-OH is 2. The summed E-state index contributed by atoms with van der Waals surface area (Å²) in [6.45, 7) is 5.68. The molecule has 0 saturated carbocycles. The molecule has 0 heterocycles. The maximum atomic E-state index is 12.6. The first-order chi connectivity index (χ1) is 14.2. The molecule has 178 valence electrons. The Kier molecular flexibility index (Phi) is 11.7. The highest BCUT2D eigenvalue weighted by Crippen LogP contribution is 2.06. The van der Waals surface area contributed by atoms with Gasteiger partial charge >= 0.3 is 5.97 Å². The lowest BCUT2D eigenvalue weighted by Crippen LogP contribution is -2.61. The number of carboxylic acid groups (broad SMARTS) is 1. The van der Waals surface area contributed by atoms with E-state index in [-0.39, 0.29) is 12.8 Å². The number of carbonyl (C=O) groups excluding carboxylic acids is 4. The van der Waals surface area contributed by atoms with E-state index >= 15 is 0 Å². The molecule has 13 heteroatoms. The first kappa shape index (κ1) is 28.2. The average molecular weight is 447 g/mol. The summed E-state index contributed by atoms with van der Waals surface area (Å²) >= 11 is 0. The molecule has 0 radical (unpaired) electrons. The SMILES string of the molecule is CC(C)C(NC(=O)C(NC(=O)C(N)C(C)O)C(C)O)C(=O)NC(CCC(N)=O)C(=O)O. The summed E-state index contributed by atoms with van der Waals surface area (Å²) in [5, 5.41) is 35.3. The van der Waals surface area contributed by atoms with Gasteiger partial charge in [-0.3, -0.25) is 19.2 Å². The lowest BCUT2D eigenvalue weighted by molar-refractivity contribution is -0.143. The van der Waals surface area contributed by atoms with E-state index in [1.54, 1.807) is 13.8 Å². The second-order valence-corrected chi connectivity index (χ2v) is 7.63. The van der Waals surface area contributed by atoms with E-state index in [9.17, 15) is 39.3 Å². The van der Waals surface area contributed by atoms with Crippen LogP contribution in [0.5, 0.6) is 0 Å². The number of aliphatic hydroxyl groups is 2. The van der Waals surface area contributed by atoms with Gasteiger partial charge in [0.15, 0.2) is 0 Å². The zero-order valence-corrected chi connectivity index (χ0v) is 18.0. The first-order valence-corrected chi connectivity index (χ1v) is 9.72. The van der Waals surface area contributed by atoms with Crippen molar-refractivity contribution in [2.24, 2.45) is 17.4 Å². The quantitative estimate of drug-likeness (QED) is 0.140. The standard InChI is InChI=1S/C18H33N5O8/c1-7(2)13(16(28)21-10(18(30)31)5-6-11(19)26)22-17(29)14(9(4)25)23-15(27)12(20)8(3)24/h7-10,12-14,24-25H,5-6,20H2,1-4H3,(H2,19,26)(H,21,28)(H,22,29)(H,23,27)(H,30,31). The van der Waals surface area contributed by atoms with Crippen LogP contribution in [0.25, 0.3) is 0 Å². The molecular weight excluding hydrogens is 414 g/mol. The Balaban J connectivity index is 5.36. The van der Waals surface area contributed by atoms with Crippen LogP contribution in [0.3, 0.4) is 0 Å². The van der Waals surface area contributed by atoms with E-state index in [0.29, 0.717) is 0 Å². The summed E-state index contributed by atoms with van der Waals surface area (Å²) < 4.78 is 0. The average Bonchev–Trinajstić information content (AvgIpc) is 2.64. The zero-order chi connectivity index (χ0) is 24.5. The van der Waals surface area contributed by atoms with Crippen LogP contribution < -0.4 is 27.4 Å². The van der Waals surface area contributed by atoms with Gasteiger partial charge < -0.3 is 42.7 Å². The van der Waals surface area contributed by atoms with E-state index in [1.807, 2.05) is 0 Å². The van der Waals surface area contributed by atoms with Gasteiger partial charge in [-0.2, -0.15) is 0 Å². The molecule has 4 amide bonds. The Morgan fingerprint density at radius 1 is 0.806 bits per heavy atom. The minimum atomic E-state index is -1.49. The molecule has 0 aromatic rings. The second-order valence-electron chi connectivity index (χ2n) is 7.63. The number of primary amides is 1. The van der Waals surface area contributed by atoms with Gasteiger partial charge in [-0.05, 0) is 26.2 Å². The molecule has 0 aliphatic heterocycles.